The summed E-state index contributed by atoms with van der Waals surface area (Å²) in [7, 11) is 0. The molecule has 0 bridgehead atoms. The molecule has 0 aromatic heterocycles. The van der Waals surface area contributed by atoms with Crippen molar-refractivity contribution in [1.82, 2.24) is 4.90 Å². The predicted octanol–water partition coefficient (Wildman–Crippen LogP) is 2.65. The molecule has 4 rings (SSSR count). The van der Waals surface area contributed by atoms with Gasteiger partial charge >= 0.3 is 0 Å². The number of hydrogen-bond acceptors (Lipinski definition) is 5. The van der Waals surface area contributed by atoms with Gasteiger partial charge < -0.3 is 19.0 Å². The summed E-state index contributed by atoms with van der Waals surface area (Å²) in [4.78, 5) is 27.1. The Bertz CT molecular complexity index is 710. The second-order valence-corrected chi connectivity index (χ2v) is 7.90. The van der Waals surface area contributed by atoms with E-state index < -0.39 is 17.4 Å². The lowest BCUT2D eigenvalue weighted by Gasteiger charge is -2.38. The summed E-state index contributed by atoms with van der Waals surface area (Å²) < 4.78 is 18.0. The fourth-order valence-corrected chi connectivity index (χ4v) is 4.74. The third-order valence-corrected chi connectivity index (χ3v) is 6.36. The topological polar surface area (TPSA) is 65.1 Å². The maximum absolute atomic E-state index is 13.2. The Kier molecular flexibility index (Phi) is 4.82. The van der Waals surface area contributed by atoms with Crippen molar-refractivity contribution in [2.75, 3.05) is 6.61 Å². The number of carbonyl (C=O) groups excluding carboxylic acids is 2. The minimum absolute atomic E-state index is 0.0472. The van der Waals surface area contributed by atoms with Crippen LogP contribution in [0.4, 0.5) is 0 Å². The molecule has 1 aromatic carbocycles. The van der Waals surface area contributed by atoms with Crippen molar-refractivity contribution < 1.29 is 23.8 Å². The van der Waals surface area contributed by atoms with Crippen molar-refractivity contribution in [3.05, 3.63) is 35.9 Å². The van der Waals surface area contributed by atoms with Crippen LogP contribution in [-0.4, -0.2) is 47.4 Å². The molecular formula is C21H27NO5. The molecule has 0 saturated carbocycles. The lowest BCUT2D eigenvalue weighted by molar-refractivity contribution is -0.194. The molecule has 5 atom stereocenters. The third kappa shape index (κ3) is 2.73. The standard InChI is InChI=1S/C21H27NO5/c1-3-4-10-17-22-19(24)16-11-18(25-12-15-8-6-5-7-9-15)27-20(16,2)21(22,13-23)14-26-17/h5-9,13,16-18H,3-4,10-12,14H2,1-2H3/t16-,17-,18?,20-,21-/m0/s1. The van der Waals surface area contributed by atoms with Crippen LogP contribution >= 0.6 is 0 Å². The highest BCUT2D eigenvalue weighted by Gasteiger charge is 2.74. The quantitative estimate of drug-likeness (QED) is 0.688. The summed E-state index contributed by atoms with van der Waals surface area (Å²) in [6.07, 6.45) is 3.20. The number of ether oxygens (including phenoxy) is 3. The van der Waals surface area contributed by atoms with E-state index in [-0.39, 0.29) is 24.7 Å². The monoisotopic (exact) mass is 373 g/mol. The zero-order chi connectivity index (χ0) is 19.1. The first-order valence-electron chi connectivity index (χ1n) is 9.80. The van der Waals surface area contributed by atoms with Crippen LogP contribution in [0, 0.1) is 5.92 Å². The Morgan fingerprint density at radius 2 is 2.11 bits per heavy atom. The van der Waals surface area contributed by atoms with Crippen LogP contribution in [0.5, 0.6) is 0 Å². The van der Waals surface area contributed by atoms with Gasteiger partial charge in [0, 0.05) is 6.42 Å². The van der Waals surface area contributed by atoms with Gasteiger partial charge in [-0.25, -0.2) is 0 Å². The van der Waals surface area contributed by atoms with E-state index in [1.165, 1.54) is 0 Å². The highest BCUT2D eigenvalue weighted by molar-refractivity contribution is 5.92. The van der Waals surface area contributed by atoms with Gasteiger partial charge in [0.05, 0.1) is 19.1 Å². The number of fused-ring (bicyclic) bond motifs is 3. The second-order valence-electron chi connectivity index (χ2n) is 7.90. The van der Waals surface area contributed by atoms with E-state index >= 15 is 0 Å². The number of aldehydes is 1. The van der Waals surface area contributed by atoms with E-state index in [1.54, 1.807) is 4.90 Å². The van der Waals surface area contributed by atoms with Crippen LogP contribution in [0.1, 0.15) is 45.1 Å². The number of rotatable bonds is 7. The van der Waals surface area contributed by atoms with E-state index in [0.717, 1.165) is 31.1 Å². The van der Waals surface area contributed by atoms with E-state index in [4.69, 9.17) is 14.2 Å². The Morgan fingerprint density at radius 3 is 2.81 bits per heavy atom. The van der Waals surface area contributed by atoms with Crippen molar-refractivity contribution >= 4 is 12.2 Å². The maximum atomic E-state index is 13.2. The number of hydrogen-bond donors (Lipinski definition) is 0. The number of benzene rings is 1. The molecule has 0 spiro atoms. The van der Waals surface area contributed by atoms with E-state index in [9.17, 15) is 9.59 Å². The molecule has 3 aliphatic heterocycles. The zero-order valence-electron chi connectivity index (χ0n) is 15.9. The van der Waals surface area contributed by atoms with Crippen molar-refractivity contribution in [2.45, 2.75) is 69.8 Å². The first-order chi connectivity index (χ1) is 13.1. The van der Waals surface area contributed by atoms with Crippen molar-refractivity contribution in [2.24, 2.45) is 5.92 Å². The molecule has 0 aliphatic carbocycles. The second kappa shape index (κ2) is 7.00. The van der Waals surface area contributed by atoms with Gasteiger partial charge in [-0.05, 0) is 25.3 Å². The zero-order valence-corrected chi connectivity index (χ0v) is 15.9. The Hall–Kier alpha value is -1.76. The van der Waals surface area contributed by atoms with Gasteiger partial charge in [-0.1, -0.05) is 43.7 Å². The molecule has 1 amide bonds. The molecule has 6 nitrogen and oxygen atoms in total. The fourth-order valence-electron chi connectivity index (χ4n) is 4.74. The van der Waals surface area contributed by atoms with Gasteiger partial charge in [-0.2, -0.15) is 0 Å². The summed E-state index contributed by atoms with van der Waals surface area (Å²) in [5, 5.41) is 0. The summed E-state index contributed by atoms with van der Waals surface area (Å²) in [6, 6.07) is 9.84. The summed E-state index contributed by atoms with van der Waals surface area (Å²) in [5.74, 6) is -0.425. The van der Waals surface area contributed by atoms with Crippen molar-refractivity contribution in [1.29, 1.82) is 0 Å². The van der Waals surface area contributed by atoms with Gasteiger partial charge in [0.25, 0.3) is 0 Å². The molecular weight excluding hydrogens is 346 g/mol. The molecule has 0 N–H and O–H groups in total. The molecule has 3 aliphatic rings. The van der Waals surface area contributed by atoms with Gasteiger partial charge in [-0.15, -0.1) is 0 Å². The van der Waals surface area contributed by atoms with Gasteiger partial charge in [-0.3, -0.25) is 9.69 Å². The minimum Gasteiger partial charge on any atom is -0.355 e. The lowest BCUT2D eigenvalue weighted by atomic mass is 9.78. The van der Waals surface area contributed by atoms with Gasteiger partial charge in [0.1, 0.15) is 11.8 Å². The molecule has 0 radical (unpaired) electrons. The Labute approximate surface area is 159 Å². The SMILES string of the molecule is CCCC[C@@H]1OC[C@]2(C=O)N1C(=O)[C@@H]1CC(OCc3ccccc3)O[C@@]12C. The van der Waals surface area contributed by atoms with Crippen LogP contribution in [0.2, 0.25) is 0 Å². The molecule has 3 heterocycles. The number of nitrogens with zero attached hydrogens (tertiary/aromatic N) is 1. The number of carbonyl (C=O) groups is 2. The van der Waals surface area contributed by atoms with Crippen LogP contribution in [0.15, 0.2) is 30.3 Å². The molecule has 3 fully saturated rings. The number of amides is 1. The van der Waals surface area contributed by atoms with Crippen LogP contribution in [-0.2, 0) is 30.4 Å². The Morgan fingerprint density at radius 1 is 1.33 bits per heavy atom. The maximum Gasteiger partial charge on any atom is 0.231 e. The highest BCUT2D eigenvalue weighted by atomic mass is 16.7. The average Bonchev–Trinajstić information content (AvgIpc) is 3.28. The number of unbranched alkanes of at least 4 members (excludes halogenated alkanes) is 1. The summed E-state index contributed by atoms with van der Waals surface area (Å²) >= 11 is 0. The smallest absolute Gasteiger partial charge is 0.231 e. The van der Waals surface area contributed by atoms with Crippen LogP contribution < -0.4 is 0 Å². The van der Waals surface area contributed by atoms with Gasteiger partial charge in [0.2, 0.25) is 5.91 Å². The molecule has 1 aromatic rings. The summed E-state index contributed by atoms with van der Waals surface area (Å²) in [6.45, 7) is 4.56. The Balaban J connectivity index is 1.51. The van der Waals surface area contributed by atoms with Crippen LogP contribution in [0.25, 0.3) is 0 Å². The summed E-state index contributed by atoms with van der Waals surface area (Å²) in [5.41, 5.74) is -0.934. The van der Waals surface area contributed by atoms with Gasteiger partial charge in [0.15, 0.2) is 18.1 Å². The molecule has 27 heavy (non-hydrogen) atoms. The predicted molar refractivity (Wildman–Crippen MR) is 97.5 cm³/mol. The molecule has 3 saturated heterocycles. The largest absolute Gasteiger partial charge is 0.355 e. The van der Waals surface area contributed by atoms with E-state index in [2.05, 4.69) is 6.92 Å². The lowest BCUT2D eigenvalue weighted by Crippen LogP contribution is -2.59. The van der Waals surface area contributed by atoms with Crippen LogP contribution in [0.3, 0.4) is 0 Å². The molecule has 1 unspecified atom stereocenters. The normalized spacial score (nSPS) is 37.5. The first-order valence-corrected chi connectivity index (χ1v) is 9.80. The van der Waals surface area contributed by atoms with Crippen molar-refractivity contribution in [3.8, 4) is 0 Å². The molecule has 146 valence electrons. The highest BCUT2D eigenvalue weighted by Crippen LogP contribution is 2.55. The fraction of sp³-hybridized carbons (Fsp3) is 0.619. The molecule has 6 heteroatoms. The third-order valence-electron chi connectivity index (χ3n) is 6.36. The average molecular weight is 373 g/mol. The van der Waals surface area contributed by atoms with E-state index in [1.807, 2.05) is 37.3 Å². The first kappa shape index (κ1) is 18.6. The van der Waals surface area contributed by atoms with Crippen molar-refractivity contribution in [3.63, 3.8) is 0 Å². The van der Waals surface area contributed by atoms with E-state index in [0.29, 0.717) is 13.0 Å². The minimum atomic E-state index is -1.06.